The van der Waals surface area contributed by atoms with Gasteiger partial charge in [-0.1, -0.05) is 43.0 Å². The van der Waals surface area contributed by atoms with Gasteiger partial charge >= 0.3 is 5.97 Å². The van der Waals surface area contributed by atoms with Crippen molar-refractivity contribution in [2.75, 3.05) is 13.7 Å². The van der Waals surface area contributed by atoms with Gasteiger partial charge in [-0.05, 0) is 75.8 Å². The number of benzene rings is 1. The Labute approximate surface area is 237 Å². The number of hydrogen-bond donors (Lipinski definition) is 0. The first-order valence-corrected chi connectivity index (χ1v) is 15.6. The molecule has 2 saturated carbocycles. The molecule has 0 radical (unpaired) electrons. The topological polar surface area (TPSA) is 86.0 Å². The van der Waals surface area contributed by atoms with E-state index in [0.717, 1.165) is 35.7 Å². The van der Waals surface area contributed by atoms with Crippen LogP contribution >= 0.6 is 0 Å². The minimum Gasteiger partial charge on any atom is -0.466 e. The second-order valence-electron chi connectivity index (χ2n) is 12.5. The Morgan fingerprint density at radius 1 is 0.925 bits per heavy atom. The molecule has 0 N–H and O–H groups in total. The van der Waals surface area contributed by atoms with Gasteiger partial charge in [0.05, 0.1) is 24.1 Å². The number of rotatable bonds is 8. The van der Waals surface area contributed by atoms with Crippen molar-refractivity contribution in [2.24, 2.45) is 17.0 Å². The van der Waals surface area contributed by atoms with E-state index in [2.05, 4.69) is 10.1 Å². The number of aromatic nitrogens is 2. The fourth-order valence-corrected chi connectivity index (χ4v) is 8.61. The number of para-hydroxylation sites is 2. The van der Waals surface area contributed by atoms with E-state index in [1.807, 2.05) is 28.8 Å². The van der Waals surface area contributed by atoms with Gasteiger partial charge in [-0.25, -0.2) is 4.98 Å². The van der Waals surface area contributed by atoms with Crippen LogP contribution in [0.2, 0.25) is 0 Å². The van der Waals surface area contributed by atoms with Gasteiger partial charge < -0.3 is 14.1 Å². The zero-order valence-electron chi connectivity index (χ0n) is 24.1. The Bertz CT molecular complexity index is 1280. The maximum absolute atomic E-state index is 14.2. The molecule has 1 aromatic carbocycles. The van der Waals surface area contributed by atoms with Crippen LogP contribution in [0.3, 0.4) is 0 Å². The van der Waals surface area contributed by atoms with Crippen molar-refractivity contribution in [3.05, 3.63) is 40.3 Å². The first-order valence-electron chi connectivity index (χ1n) is 15.6. The number of hydrogen-bond acceptors (Lipinski definition) is 7. The van der Waals surface area contributed by atoms with Crippen LogP contribution in [0.1, 0.15) is 102 Å². The van der Waals surface area contributed by atoms with Crippen LogP contribution < -0.4 is 5.56 Å². The average Bonchev–Trinajstić information content (AvgIpc) is 2.94. The molecule has 1 aromatic heterocycles. The van der Waals surface area contributed by atoms with E-state index in [1.165, 1.54) is 64.9 Å². The lowest BCUT2D eigenvalue weighted by molar-refractivity contribution is -0.142. The normalized spacial score (nSPS) is 30.7. The minimum absolute atomic E-state index is 0.114. The highest BCUT2D eigenvalue weighted by molar-refractivity contribution is 6.00. The summed E-state index contributed by atoms with van der Waals surface area (Å²) in [5.74, 6) is 1.51. The molecular formula is C32H44N4O4. The lowest BCUT2D eigenvalue weighted by atomic mass is 9.68. The Balaban J connectivity index is 1.32. The minimum atomic E-state index is -0.320. The third-order valence-corrected chi connectivity index (χ3v) is 10.0. The van der Waals surface area contributed by atoms with Crippen LogP contribution in [0.15, 0.2) is 34.2 Å². The summed E-state index contributed by atoms with van der Waals surface area (Å²) in [4.78, 5) is 39.1. The molecule has 2 aliphatic heterocycles. The lowest BCUT2D eigenvalue weighted by Gasteiger charge is -2.55. The number of ether oxygens (including phenoxy) is 1. The first kappa shape index (κ1) is 27.4. The Morgan fingerprint density at radius 3 is 2.33 bits per heavy atom. The lowest BCUT2D eigenvalue weighted by Crippen LogP contribution is -2.58. The van der Waals surface area contributed by atoms with E-state index < -0.39 is 0 Å². The Kier molecular flexibility index (Phi) is 8.24. The summed E-state index contributed by atoms with van der Waals surface area (Å²) >= 11 is 0. The van der Waals surface area contributed by atoms with Crippen molar-refractivity contribution in [3.63, 3.8) is 0 Å². The summed E-state index contributed by atoms with van der Waals surface area (Å²) < 4.78 is 7.11. The summed E-state index contributed by atoms with van der Waals surface area (Å²) in [6.07, 6.45) is 14.5. The van der Waals surface area contributed by atoms with Gasteiger partial charge in [0.2, 0.25) is 0 Å². The van der Waals surface area contributed by atoms with Crippen molar-refractivity contribution < 1.29 is 14.4 Å². The van der Waals surface area contributed by atoms with E-state index in [4.69, 9.17) is 14.6 Å². The van der Waals surface area contributed by atoms with Gasteiger partial charge in [-0.3, -0.25) is 14.5 Å². The first-order chi connectivity index (χ1) is 19.6. The van der Waals surface area contributed by atoms with E-state index in [1.54, 1.807) is 6.92 Å². The van der Waals surface area contributed by atoms with Crippen LogP contribution in [-0.2, 0) is 14.4 Å². The molecule has 4 fully saturated rings. The fraction of sp³-hybridized carbons (Fsp3) is 0.688. The van der Waals surface area contributed by atoms with Gasteiger partial charge in [0.1, 0.15) is 12.8 Å². The number of esters is 1. The van der Waals surface area contributed by atoms with Crippen molar-refractivity contribution in [3.8, 4) is 0 Å². The SMILES string of the molecule is CCOC(=O)CCC(=NOC)c1nc2ccccc2n(C2CC3CCC[C@H](C2)N3C2CC3CCC[C@@H](C3)C2)c1=O. The summed E-state index contributed by atoms with van der Waals surface area (Å²) in [7, 11) is 1.46. The van der Waals surface area contributed by atoms with Gasteiger partial charge in [-0.2, -0.15) is 0 Å². The molecule has 6 rings (SSSR count). The maximum Gasteiger partial charge on any atom is 0.306 e. The van der Waals surface area contributed by atoms with E-state index >= 15 is 0 Å². The number of piperidine rings is 2. The third kappa shape index (κ3) is 5.44. The molecular weight excluding hydrogens is 504 g/mol. The average molecular weight is 549 g/mol. The summed E-state index contributed by atoms with van der Waals surface area (Å²) in [6, 6.07) is 9.80. The zero-order valence-corrected chi connectivity index (χ0v) is 24.1. The zero-order chi connectivity index (χ0) is 27.6. The Hall–Kier alpha value is -2.74. The molecule has 6 atom stereocenters. The van der Waals surface area contributed by atoms with Crippen LogP contribution in [0, 0.1) is 11.8 Å². The van der Waals surface area contributed by atoms with Crippen LogP contribution in [0.5, 0.6) is 0 Å². The van der Waals surface area contributed by atoms with Gasteiger partial charge in [0, 0.05) is 30.6 Å². The molecule has 3 heterocycles. The highest BCUT2D eigenvalue weighted by atomic mass is 16.6. The van der Waals surface area contributed by atoms with Crippen LogP contribution in [0.4, 0.5) is 0 Å². The predicted octanol–water partition coefficient (Wildman–Crippen LogP) is 5.62. The molecule has 2 aliphatic carbocycles. The second-order valence-corrected chi connectivity index (χ2v) is 12.5. The van der Waals surface area contributed by atoms with Gasteiger partial charge in [0.15, 0.2) is 5.69 Å². The van der Waals surface area contributed by atoms with Gasteiger partial charge in [0.25, 0.3) is 5.56 Å². The number of carbonyl (C=O) groups excluding carboxylic acids is 1. The quantitative estimate of drug-likeness (QED) is 0.242. The number of nitrogens with zero attached hydrogens (tertiary/aromatic N) is 4. The molecule has 4 bridgehead atoms. The molecule has 8 nitrogen and oxygen atoms in total. The monoisotopic (exact) mass is 548 g/mol. The molecule has 216 valence electrons. The molecule has 4 aliphatic rings. The molecule has 2 aromatic rings. The third-order valence-electron chi connectivity index (χ3n) is 10.0. The molecule has 4 unspecified atom stereocenters. The molecule has 0 amide bonds. The molecule has 0 spiro atoms. The molecule has 2 saturated heterocycles. The van der Waals surface area contributed by atoms with E-state index in [0.29, 0.717) is 30.4 Å². The smallest absolute Gasteiger partial charge is 0.306 e. The van der Waals surface area contributed by atoms with Gasteiger partial charge in [-0.15, -0.1) is 0 Å². The van der Waals surface area contributed by atoms with Crippen molar-refractivity contribution >= 4 is 22.7 Å². The molecule has 40 heavy (non-hydrogen) atoms. The highest BCUT2D eigenvalue weighted by Crippen LogP contribution is 2.47. The molecule has 8 heteroatoms. The van der Waals surface area contributed by atoms with Crippen LogP contribution in [-0.4, -0.2) is 58.0 Å². The number of carbonyl (C=O) groups is 1. The van der Waals surface area contributed by atoms with E-state index in [9.17, 15) is 9.59 Å². The second kappa shape index (κ2) is 12.0. The van der Waals surface area contributed by atoms with E-state index in [-0.39, 0.29) is 36.1 Å². The standard InChI is InChI=1S/C32H44N4O4/c1-3-40-30(37)15-14-28(34-39-2)31-32(38)36(29-13-5-4-12-27(29)33-31)26-19-23-10-7-11-24(20-26)35(23)25-17-21-8-6-9-22(16-21)18-25/h4-5,12-13,21-26H,3,6-11,14-20H2,1-2H3/t21-,22?,23+,24?,25?,26?/m0/s1. The summed E-state index contributed by atoms with van der Waals surface area (Å²) in [6.45, 7) is 2.10. The summed E-state index contributed by atoms with van der Waals surface area (Å²) in [5.41, 5.74) is 2.18. The van der Waals surface area contributed by atoms with Crippen molar-refractivity contribution in [1.82, 2.24) is 14.5 Å². The maximum atomic E-state index is 14.2. The van der Waals surface area contributed by atoms with Crippen molar-refractivity contribution in [1.29, 1.82) is 0 Å². The fourth-order valence-electron chi connectivity index (χ4n) is 8.61. The van der Waals surface area contributed by atoms with Crippen LogP contribution in [0.25, 0.3) is 11.0 Å². The highest BCUT2D eigenvalue weighted by Gasteiger charge is 2.45. The largest absolute Gasteiger partial charge is 0.466 e. The number of fused-ring (bicyclic) bond motifs is 5. The summed E-state index contributed by atoms with van der Waals surface area (Å²) in [5, 5.41) is 4.16. The number of oxime groups is 1. The Morgan fingerprint density at radius 2 is 1.62 bits per heavy atom. The van der Waals surface area contributed by atoms with Crippen molar-refractivity contribution in [2.45, 2.75) is 115 Å². The predicted molar refractivity (Wildman–Crippen MR) is 155 cm³/mol.